The number of hydrogen-bond acceptors (Lipinski definition) is 4. The smallest absolute Gasteiger partial charge is 0.191 e. The first-order valence-electron chi connectivity index (χ1n) is 9.98. The highest BCUT2D eigenvalue weighted by atomic mass is 127. The monoisotopic (exact) mass is 475 g/mol. The molecule has 0 atom stereocenters. The van der Waals surface area contributed by atoms with Crippen molar-refractivity contribution >= 4 is 29.9 Å². The lowest BCUT2D eigenvalue weighted by Crippen LogP contribution is -2.48. The van der Waals surface area contributed by atoms with Crippen LogP contribution in [0.2, 0.25) is 0 Å². The maximum Gasteiger partial charge on any atom is 0.191 e. The number of nitrogens with one attached hydrogen (secondary N) is 2. The van der Waals surface area contributed by atoms with Gasteiger partial charge in [-0.25, -0.2) is 4.99 Å². The SMILES string of the molecule is CCCN1CCC(NC(=NCc2nnc3n2CCCC3)NCC)CC1.I. The highest BCUT2D eigenvalue weighted by Gasteiger charge is 2.20. The van der Waals surface area contributed by atoms with Crippen LogP contribution in [0.5, 0.6) is 0 Å². The molecule has 8 heteroatoms. The van der Waals surface area contributed by atoms with Crippen LogP contribution >= 0.6 is 24.0 Å². The Morgan fingerprint density at radius 1 is 1.15 bits per heavy atom. The van der Waals surface area contributed by atoms with Gasteiger partial charge in [-0.2, -0.15) is 0 Å². The number of guanidine groups is 1. The first-order valence-corrected chi connectivity index (χ1v) is 9.98. The lowest BCUT2D eigenvalue weighted by atomic mass is 10.1. The van der Waals surface area contributed by atoms with Crippen molar-refractivity contribution in [2.24, 2.45) is 4.99 Å². The number of aryl methyl sites for hydroxylation is 1. The van der Waals surface area contributed by atoms with E-state index >= 15 is 0 Å². The van der Waals surface area contributed by atoms with Crippen molar-refractivity contribution in [2.45, 2.75) is 71.5 Å². The molecule has 26 heavy (non-hydrogen) atoms. The molecular formula is C18H34IN7. The molecule has 0 amide bonds. The zero-order chi connectivity index (χ0) is 17.5. The van der Waals surface area contributed by atoms with E-state index in [0.717, 1.165) is 37.1 Å². The molecule has 1 saturated heterocycles. The van der Waals surface area contributed by atoms with E-state index in [4.69, 9.17) is 4.99 Å². The van der Waals surface area contributed by atoms with E-state index < -0.39 is 0 Å². The van der Waals surface area contributed by atoms with E-state index in [1.807, 2.05) is 0 Å². The van der Waals surface area contributed by atoms with Gasteiger partial charge >= 0.3 is 0 Å². The summed E-state index contributed by atoms with van der Waals surface area (Å²) < 4.78 is 2.25. The first kappa shape index (κ1) is 21.4. The summed E-state index contributed by atoms with van der Waals surface area (Å²) in [7, 11) is 0. The molecule has 1 aromatic rings. The average Bonchev–Trinajstić information content (AvgIpc) is 3.05. The number of hydrogen-bond donors (Lipinski definition) is 2. The normalized spacial score (nSPS) is 18.9. The molecule has 2 aliphatic rings. The standard InChI is InChI=1S/C18H33N7.HI/c1-3-10-24-12-8-15(9-13-24)21-18(19-4-2)20-14-17-23-22-16-7-5-6-11-25(16)17;/h15H,3-14H2,1-2H3,(H2,19,20,21);1H. The number of piperidine rings is 1. The van der Waals surface area contributed by atoms with Crippen molar-refractivity contribution in [1.29, 1.82) is 0 Å². The number of halogens is 1. The Hall–Kier alpha value is -0.900. The Kier molecular flexibility index (Phi) is 9.10. The number of aliphatic imine (C=N–C) groups is 1. The molecule has 148 valence electrons. The first-order chi connectivity index (χ1) is 12.3. The molecule has 0 bridgehead atoms. The molecule has 0 aliphatic carbocycles. The molecule has 7 nitrogen and oxygen atoms in total. The van der Waals surface area contributed by atoms with Crippen LogP contribution in [-0.2, 0) is 19.5 Å². The molecule has 0 unspecified atom stereocenters. The number of likely N-dealkylation sites (tertiary alicyclic amines) is 1. The summed E-state index contributed by atoms with van der Waals surface area (Å²) in [5, 5.41) is 15.7. The molecule has 2 aliphatic heterocycles. The van der Waals surface area contributed by atoms with Gasteiger partial charge in [0.05, 0.1) is 0 Å². The minimum Gasteiger partial charge on any atom is -0.357 e. The van der Waals surface area contributed by atoms with E-state index in [0.29, 0.717) is 12.6 Å². The third-order valence-electron chi connectivity index (χ3n) is 5.13. The highest BCUT2D eigenvalue weighted by molar-refractivity contribution is 14.0. The van der Waals surface area contributed by atoms with Crippen molar-refractivity contribution in [3.63, 3.8) is 0 Å². The molecule has 1 fully saturated rings. The van der Waals surface area contributed by atoms with Crippen LogP contribution in [-0.4, -0.2) is 57.8 Å². The second-order valence-electron chi connectivity index (χ2n) is 7.10. The third-order valence-corrected chi connectivity index (χ3v) is 5.13. The predicted octanol–water partition coefficient (Wildman–Crippen LogP) is 2.16. The lowest BCUT2D eigenvalue weighted by Gasteiger charge is -2.32. The largest absolute Gasteiger partial charge is 0.357 e. The van der Waals surface area contributed by atoms with Gasteiger partial charge in [0.15, 0.2) is 11.8 Å². The van der Waals surface area contributed by atoms with Gasteiger partial charge in [-0.3, -0.25) is 0 Å². The quantitative estimate of drug-likeness (QED) is 0.375. The molecule has 0 radical (unpaired) electrons. The summed E-state index contributed by atoms with van der Waals surface area (Å²) in [6.07, 6.45) is 7.10. The fraction of sp³-hybridized carbons (Fsp3) is 0.833. The second-order valence-corrected chi connectivity index (χ2v) is 7.10. The molecule has 2 N–H and O–H groups in total. The molecule has 1 aromatic heterocycles. The van der Waals surface area contributed by atoms with Crippen molar-refractivity contribution in [3.8, 4) is 0 Å². The Labute approximate surface area is 174 Å². The minimum absolute atomic E-state index is 0. The maximum atomic E-state index is 4.77. The predicted molar refractivity (Wildman–Crippen MR) is 116 cm³/mol. The summed E-state index contributed by atoms with van der Waals surface area (Å²) in [6.45, 7) is 10.5. The summed E-state index contributed by atoms with van der Waals surface area (Å²) in [5.41, 5.74) is 0. The Morgan fingerprint density at radius 3 is 2.69 bits per heavy atom. The highest BCUT2D eigenvalue weighted by Crippen LogP contribution is 2.15. The van der Waals surface area contributed by atoms with Gasteiger partial charge in [0.2, 0.25) is 0 Å². The summed E-state index contributed by atoms with van der Waals surface area (Å²) in [4.78, 5) is 7.33. The van der Waals surface area contributed by atoms with Gasteiger partial charge in [0, 0.05) is 38.6 Å². The van der Waals surface area contributed by atoms with Crippen molar-refractivity contribution in [2.75, 3.05) is 26.2 Å². The average molecular weight is 475 g/mol. The van der Waals surface area contributed by atoms with E-state index in [1.54, 1.807) is 0 Å². The summed E-state index contributed by atoms with van der Waals surface area (Å²) in [6, 6.07) is 0.512. The summed E-state index contributed by atoms with van der Waals surface area (Å²) in [5.74, 6) is 3.02. The zero-order valence-corrected chi connectivity index (χ0v) is 18.5. The van der Waals surface area contributed by atoms with E-state index in [2.05, 4.69) is 44.1 Å². The lowest BCUT2D eigenvalue weighted by molar-refractivity contribution is 0.206. The van der Waals surface area contributed by atoms with Gasteiger partial charge < -0.3 is 20.1 Å². The number of nitrogens with zero attached hydrogens (tertiary/aromatic N) is 5. The van der Waals surface area contributed by atoms with Gasteiger partial charge in [-0.15, -0.1) is 34.2 Å². The van der Waals surface area contributed by atoms with Crippen LogP contribution in [0.15, 0.2) is 4.99 Å². The third kappa shape index (κ3) is 5.80. The number of aromatic nitrogens is 3. The summed E-state index contributed by atoms with van der Waals surface area (Å²) >= 11 is 0. The van der Waals surface area contributed by atoms with Crippen molar-refractivity contribution < 1.29 is 0 Å². The molecule has 3 heterocycles. The molecular weight excluding hydrogens is 441 g/mol. The number of fused-ring (bicyclic) bond motifs is 1. The van der Waals surface area contributed by atoms with Gasteiger partial charge in [-0.1, -0.05) is 6.92 Å². The van der Waals surface area contributed by atoms with Crippen LogP contribution in [0.3, 0.4) is 0 Å². The Balaban J connectivity index is 0.00000243. The van der Waals surface area contributed by atoms with Crippen LogP contribution in [0.25, 0.3) is 0 Å². The molecule has 0 aromatic carbocycles. The minimum atomic E-state index is 0. The second kappa shape index (κ2) is 11.1. The zero-order valence-electron chi connectivity index (χ0n) is 16.2. The number of rotatable bonds is 6. The topological polar surface area (TPSA) is 70.4 Å². The van der Waals surface area contributed by atoms with E-state index in [1.165, 1.54) is 51.7 Å². The van der Waals surface area contributed by atoms with Crippen molar-refractivity contribution in [1.82, 2.24) is 30.3 Å². The van der Waals surface area contributed by atoms with Gasteiger partial charge in [0.1, 0.15) is 12.4 Å². The van der Waals surface area contributed by atoms with Crippen molar-refractivity contribution in [3.05, 3.63) is 11.6 Å². The molecule has 0 spiro atoms. The fourth-order valence-electron chi connectivity index (χ4n) is 3.77. The molecule has 3 rings (SSSR count). The van der Waals surface area contributed by atoms with Gasteiger partial charge in [-0.05, 0) is 45.6 Å². The Morgan fingerprint density at radius 2 is 1.96 bits per heavy atom. The van der Waals surface area contributed by atoms with Gasteiger partial charge in [0.25, 0.3) is 0 Å². The van der Waals surface area contributed by atoms with Crippen LogP contribution in [0, 0.1) is 0 Å². The van der Waals surface area contributed by atoms with Crippen LogP contribution in [0.4, 0.5) is 0 Å². The fourth-order valence-corrected chi connectivity index (χ4v) is 3.77. The van der Waals surface area contributed by atoms with Crippen LogP contribution < -0.4 is 10.6 Å². The van der Waals surface area contributed by atoms with E-state index in [-0.39, 0.29) is 24.0 Å². The van der Waals surface area contributed by atoms with E-state index in [9.17, 15) is 0 Å². The maximum absolute atomic E-state index is 4.77. The van der Waals surface area contributed by atoms with Crippen LogP contribution in [0.1, 0.15) is 57.6 Å². The molecule has 0 saturated carbocycles. The Bertz CT molecular complexity index is 564.